The van der Waals surface area contributed by atoms with Gasteiger partial charge in [-0.15, -0.1) is 5.10 Å². The van der Waals surface area contributed by atoms with Gasteiger partial charge in [-0.3, -0.25) is 4.79 Å². The molecule has 3 N–H and O–H groups in total. The minimum absolute atomic E-state index is 0.0966. The van der Waals surface area contributed by atoms with E-state index < -0.39 is 0 Å². The van der Waals surface area contributed by atoms with Crippen LogP contribution in [0.1, 0.15) is 42.6 Å². The van der Waals surface area contributed by atoms with Gasteiger partial charge in [0, 0.05) is 6.04 Å². The Balaban J connectivity index is 1.78. The van der Waals surface area contributed by atoms with Crippen LogP contribution in [-0.2, 0) is 11.3 Å². The molecule has 3 rings (SSSR count). The molecule has 2 aromatic rings. The molecule has 2 atom stereocenters. The number of tetrazole rings is 1. The van der Waals surface area contributed by atoms with Crippen LogP contribution in [0.2, 0.25) is 0 Å². The first-order valence-corrected chi connectivity index (χ1v) is 8.44. The lowest BCUT2D eigenvalue weighted by molar-refractivity contribution is -0.123. The standard InChI is InChI=1S/C17H24N6O/c1-11-6-5-7-12(2)16(11)23-15(20-21-22-23)10-19-14-9-4-3-8-13(14)17(18)24/h5-7,13-14,19H,3-4,8-10H2,1-2H3,(H2,18,24). The van der Waals surface area contributed by atoms with Crippen molar-refractivity contribution in [1.82, 2.24) is 25.5 Å². The van der Waals surface area contributed by atoms with Crippen molar-refractivity contribution in [2.45, 2.75) is 52.1 Å². The molecule has 1 aliphatic rings. The monoisotopic (exact) mass is 328 g/mol. The number of primary amides is 1. The van der Waals surface area contributed by atoms with Crippen molar-refractivity contribution in [3.8, 4) is 5.69 Å². The number of nitrogens with zero attached hydrogens (tertiary/aromatic N) is 4. The summed E-state index contributed by atoms with van der Waals surface area (Å²) in [5.41, 5.74) is 8.79. The molecule has 128 valence electrons. The number of carbonyl (C=O) groups excluding carboxylic acids is 1. The van der Waals surface area contributed by atoms with Gasteiger partial charge in [0.1, 0.15) is 0 Å². The maximum atomic E-state index is 11.6. The molecule has 1 aliphatic carbocycles. The van der Waals surface area contributed by atoms with Crippen LogP contribution in [0, 0.1) is 19.8 Å². The predicted octanol–water partition coefficient (Wildman–Crippen LogP) is 1.41. The van der Waals surface area contributed by atoms with Gasteiger partial charge in [0.15, 0.2) is 5.82 Å². The first-order valence-electron chi connectivity index (χ1n) is 8.44. The minimum Gasteiger partial charge on any atom is -0.369 e. The van der Waals surface area contributed by atoms with Crippen molar-refractivity contribution >= 4 is 5.91 Å². The fraction of sp³-hybridized carbons (Fsp3) is 0.529. The lowest BCUT2D eigenvalue weighted by atomic mass is 9.84. The summed E-state index contributed by atoms with van der Waals surface area (Å²) in [6.45, 7) is 4.60. The Morgan fingerprint density at radius 1 is 1.29 bits per heavy atom. The van der Waals surface area contributed by atoms with Crippen molar-refractivity contribution in [2.24, 2.45) is 11.7 Å². The maximum absolute atomic E-state index is 11.6. The topological polar surface area (TPSA) is 98.7 Å². The summed E-state index contributed by atoms with van der Waals surface area (Å²) in [5, 5.41) is 15.6. The van der Waals surface area contributed by atoms with E-state index in [1.165, 1.54) is 0 Å². The third-order valence-electron chi connectivity index (χ3n) is 4.84. The minimum atomic E-state index is -0.221. The SMILES string of the molecule is Cc1cccc(C)c1-n1nnnc1CNC1CCCCC1C(N)=O. The van der Waals surface area contributed by atoms with E-state index >= 15 is 0 Å². The molecule has 1 fully saturated rings. The second kappa shape index (κ2) is 7.09. The second-order valence-corrected chi connectivity index (χ2v) is 6.53. The van der Waals surface area contributed by atoms with Gasteiger partial charge in [0.2, 0.25) is 5.91 Å². The number of nitrogens with two attached hydrogens (primary N) is 1. The number of benzene rings is 1. The zero-order valence-electron chi connectivity index (χ0n) is 14.2. The Labute approximate surface area is 141 Å². The van der Waals surface area contributed by atoms with Gasteiger partial charge < -0.3 is 11.1 Å². The number of aryl methyl sites for hydroxylation is 2. The highest BCUT2D eigenvalue weighted by atomic mass is 16.1. The summed E-state index contributed by atoms with van der Waals surface area (Å²) in [7, 11) is 0. The fourth-order valence-corrected chi connectivity index (χ4v) is 3.57. The van der Waals surface area contributed by atoms with Gasteiger partial charge in [-0.05, 0) is 48.2 Å². The van der Waals surface area contributed by atoms with E-state index in [-0.39, 0.29) is 17.9 Å². The normalized spacial score (nSPS) is 20.9. The van der Waals surface area contributed by atoms with E-state index in [2.05, 4.69) is 20.8 Å². The molecule has 7 heteroatoms. The largest absolute Gasteiger partial charge is 0.369 e. The van der Waals surface area contributed by atoms with Crippen LogP contribution in [0.3, 0.4) is 0 Å². The number of hydrogen-bond donors (Lipinski definition) is 2. The first kappa shape index (κ1) is 16.6. The van der Waals surface area contributed by atoms with Crippen molar-refractivity contribution in [2.75, 3.05) is 0 Å². The average molecular weight is 328 g/mol. The van der Waals surface area contributed by atoms with Gasteiger partial charge in [0.25, 0.3) is 0 Å². The summed E-state index contributed by atoms with van der Waals surface area (Å²) >= 11 is 0. The van der Waals surface area contributed by atoms with Crippen LogP contribution in [0.25, 0.3) is 5.69 Å². The summed E-state index contributed by atoms with van der Waals surface area (Å²) in [6.07, 6.45) is 3.99. The number of para-hydroxylation sites is 1. The Morgan fingerprint density at radius 3 is 2.71 bits per heavy atom. The Kier molecular flexibility index (Phi) is 4.89. The molecular formula is C17H24N6O. The van der Waals surface area contributed by atoms with Gasteiger partial charge in [0.05, 0.1) is 18.2 Å². The van der Waals surface area contributed by atoms with E-state index in [0.29, 0.717) is 6.54 Å². The van der Waals surface area contributed by atoms with Gasteiger partial charge in [-0.2, -0.15) is 4.68 Å². The number of hydrogen-bond acceptors (Lipinski definition) is 5. The molecule has 0 aliphatic heterocycles. The highest BCUT2D eigenvalue weighted by Crippen LogP contribution is 2.25. The van der Waals surface area contributed by atoms with Gasteiger partial charge >= 0.3 is 0 Å². The molecular weight excluding hydrogens is 304 g/mol. The smallest absolute Gasteiger partial charge is 0.222 e. The molecule has 0 spiro atoms. The molecule has 1 saturated carbocycles. The van der Waals surface area contributed by atoms with Crippen molar-refractivity contribution in [3.63, 3.8) is 0 Å². The van der Waals surface area contributed by atoms with Gasteiger partial charge in [-0.25, -0.2) is 0 Å². The van der Waals surface area contributed by atoms with E-state index in [0.717, 1.165) is 48.3 Å². The van der Waals surface area contributed by atoms with Crippen molar-refractivity contribution in [3.05, 3.63) is 35.2 Å². The van der Waals surface area contributed by atoms with E-state index in [9.17, 15) is 4.79 Å². The molecule has 1 aromatic heterocycles. The van der Waals surface area contributed by atoms with Crippen LogP contribution < -0.4 is 11.1 Å². The van der Waals surface area contributed by atoms with E-state index in [1.807, 2.05) is 32.0 Å². The average Bonchev–Trinajstić information content (AvgIpc) is 3.01. The van der Waals surface area contributed by atoms with Crippen LogP contribution >= 0.6 is 0 Å². The molecule has 0 radical (unpaired) electrons. The summed E-state index contributed by atoms with van der Waals surface area (Å²) in [6, 6.07) is 6.21. The zero-order chi connectivity index (χ0) is 17.1. The Bertz CT molecular complexity index is 705. The van der Waals surface area contributed by atoms with Crippen LogP contribution in [0.15, 0.2) is 18.2 Å². The molecule has 0 bridgehead atoms. The quantitative estimate of drug-likeness (QED) is 0.864. The third-order valence-corrected chi connectivity index (χ3v) is 4.84. The summed E-state index contributed by atoms with van der Waals surface area (Å²) < 4.78 is 1.78. The number of amides is 1. The Morgan fingerprint density at radius 2 is 2.00 bits per heavy atom. The van der Waals surface area contributed by atoms with Crippen LogP contribution in [0.5, 0.6) is 0 Å². The second-order valence-electron chi connectivity index (χ2n) is 6.53. The molecule has 2 unspecified atom stereocenters. The lowest BCUT2D eigenvalue weighted by Gasteiger charge is -2.30. The molecule has 1 aromatic carbocycles. The third kappa shape index (κ3) is 3.31. The molecule has 7 nitrogen and oxygen atoms in total. The molecule has 1 amide bonds. The Hall–Kier alpha value is -2.28. The van der Waals surface area contributed by atoms with Crippen LogP contribution in [0.4, 0.5) is 0 Å². The lowest BCUT2D eigenvalue weighted by Crippen LogP contribution is -2.44. The molecule has 1 heterocycles. The maximum Gasteiger partial charge on any atom is 0.222 e. The predicted molar refractivity (Wildman–Crippen MR) is 90.4 cm³/mol. The molecule has 24 heavy (non-hydrogen) atoms. The summed E-state index contributed by atoms with van der Waals surface area (Å²) in [4.78, 5) is 11.6. The number of rotatable bonds is 5. The van der Waals surface area contributed by atoms with Crippen LogP contribution in [-0.4, -0.2) is 32.2 Å². The fourth-order valence-electron chi connectivity index (χ4n) is 3.57. The number of nitrogens with one attached hydrogen (secondary N) is 1. The number of carbonyl (C=O) groups is 1. The zero-order valence-corrected chi connectivity index (χ0v) is 14.2. The highest BCUT2D eigenvalue weighted by Gasteiger charge is 2.29. The number of aromatic nitrogens is 4. The van der Waals surface area contributed by atoms with Gasteiger partial charge in [-0.1, -0.05) is 31.0 Å². The first-order chi connectivity index (χ1) is 11.6. The van der Waals surface area contributed by atoms with Crippen molar-refractivity contribution in [1.29, 1.82) is 0 Å². The van der Waals surface area contributed by atoms with E-state index in [4.69, 9.17) is 5.73 Å². The van der Waals surface area contributed by atoms with Crippen molar-refractivity contribution < 1.29 is 4.79 Å². The highest BCUT2D eigenvalue weighted by molar-refractivity contribution is 5.77. The summed E-state index contributed by atoms with van der Waals surface area (Å²) in [5.74, 6) is 0.408. The molecule has 0 saturated heterocycles. The van der Waals surface area contributed by atoms with E-state index in [1.54, 1.807) is 4.68 Å².